The van der Waals surface area contributed by atoms with Crippen LogP contribution in [0.25, 0.3) is 11.1 Å². The zero-order valence-electron chi connectivity index (χ0n) is 27.9. The number of benzene rings is 3. The van der Waals surface area contributed by atoms with Crippen LogP contribution in [0.3, 0.4) is 0 Å². The lowest BCUT2D eigenvalue weighted by atomic mass is 10.1. The summed E-state index contributed by atoms with van der Waals surface area (Å²) >= 11 is 6.05. The van der Waals surface area contributed by atoms with Crippen LogP contribution in [-0.2, 0) is 24.7 Å². The van der Waals surface area contributed by atoms with Gasteiger partial charge in [-0.2, -0.15) is 9.57 Å². The molecule has 1 saturated carbocycles. The second-order valence-electron chi connectivity index (χ2n) is 12.7. The van der Waals surface area contributed by atoms with Crippen molar-refractivity contribution >= 4 is 37.4 Å². The van der Waals surface area contributed by atoms with Gasteiger partial charge in [-0.05, 0) is 67.6 Å². The molecule has 0 amide bonds. The highest BCUT2D eigenvalue weighted by Crippen LogP contribution is 2.35. The predicted molar refractivity (Wildman–Crippen MR) is 192 cm³/mol. The maximum absolute atomic E-state index is 13.3. The van der Waals surface area contributed by atoms with Crippen LogP contribution < -0.4 is 5.32 Å². The first kappa shape index (κ1) is 38.5. The lowest BCUT2D eigenvalue weighted by Crippen LogP contribution is -2.40. The van der Waals surface area contributed by atoms with Gasteiger partial charge in [0.2, 0.25) is 10.0 Å². The lowest BCUT2D eigenvalue weighted by molar-refractivity contribution is -0.140. The van der Waals surface area contributed by atoms with Crippen LogP contribution >= 0.6 is 11.6 Å². The highest BCUT2D eigenvalue weighted by atomic mass is 35.5. The largest absolute Gasteiger partial charge is 0.480 e. The van der Waals surface area contributed by atoms with Crippen LogP contribution in [0.1, 0.15) is 77.6 Å². The van der Waals surface area contributed by atoms with Gasteiger partial charge in [-0.1, -0.05) is 118 Å². The molecule has 1 aliphatic carbocycles. The Kier molecular flexibility index (Phi) is 13.8. The molecule has 1 aliphatic heterocycles. The molecule has 0 spiro atoms. The fourth-order valence-electron chi connectivity index (χ4n) is 5.96. The highest BCUT2D eigenvalue weighted by Gasteiger charge is 2.49. The van der Waals surface area contributed by atoms with Gasteiger partial charge in [0, 0.05) is 6.54 Å². The quantitative estimate of drug-likeness (QED) is 0.145. The molecule has 2 atom stereocenters. The molecule has 9 nitrogen and oxygen atoms in total. The molecular weight excluding hydrogens is 682 g/mol. The third-order valence-corrected chi connectivity index (χ3v) is 13.6. The fourth-order valence-corrected chi connectivity index (χ4v) is 9.91. The highest BCUT2D eigenvalue weighted by molar-refractivity contribution is 7.92. The van der Waals surface area contributed by atoms with Crippen molar-refractivity contribution < 1.29 is 26.7 Å². The molecule has 12 heteroatoms. The molecule has 0 unspecified atom stereocenters. The molecule has 5 rings (SSSR count). The molecule has 2 aliphatic rings. The van der Waals surface area contributed by atoms with Crippen molar-refractivity contribution in [2.45, 2.75) is 104 Å². The van der Waals surface area contributed by atoms with E-state index in [9.17, 15) is 26.7 Å². The first-order chi connectivity index (χ1) is 23.4. The number of hydrogen-bond acceptors (Lipinski definition) is 7. The average molecular weight is 728 g/mol. The molecule has 2 fully saturated rings. The summed E-state index contributed by atoms with van der Waals surface area (Å²) in [5.41, 5.74) is 1.59. The zero-order chi connectivity index (χ0) is 35.5. The maximum atomic E-state index is 13.3. The van der Waals surface area contributed by atoms with Crippen LogP contribution in [0.5, 0.6) is 0 Å². The number of nitrogens with zero attached hydrogens (tertiary/aromatic N) is 2. The monoisotopic (exact) mass is 727 g/mol. The summed E-state index contributed by atoms with van der Waals surface area (Å²) in [5.74, 6) is -1.41. The number of nitrogens with one attached hydrogen (secondary N) is 1. The van der Waals surface area contributed by atoms with Crippen molar-refractivity contribution in [1.82, 2.24) is 9.62 Å². The number of carbonyl (C=O) groups is 1. The Morgan fingerprint density at radius 1 is 0.878 bits per heavy atom. The molecule has 49 heavy (non-hydrogen) atoms. The van der Waals surface area contributed by atoms with Gasteiger partial charge in [-0.3, -0.25) is 10.1 Å². The number of rotatable bonds is 16. The first-order valence-corrected chi connectivity index (χ1v) is 20.4. The van der Waals surface area contributed by atoms with E-state index in [1.807, 2.05) is 30.3 Å². The number of nitriles is 1. The van der Waals surface area contributed by atoms with Crippen LogP contribution in [0, 0.1) is 11.3 Å². The standard InChI is InChI=1S/C23H20ClNO6S2.C14H26N2/c24-20-8-4-5-9-22(20)32(28,29)19-14-21(23(26)27)25(15-19)33(30,31)18-12-10-17(11-13-18)16-6-2-1-3-7-16;1-2-3-4-5-6-7-8-9-12-16-14(13-15)10-11-14/h1-13,19,21H,14-15H2,(H,26,27);16H,2-12H2,1H3/t19-,21+;/m1./s1. The Bertz CT molecular complexity index is 1790. The molecule has 3 aromatic carbocycles. The van der Waals surface area contributed by atoms with E-state index in [0.717, 1.165) is 34.8 Å². The summed E-state index contributed by atoms with van der Waals surface area (Å²) in [6.45, 7) is 2.81. The molecule has 1 saturated heterocycles. The van der Waals surface area contributed by atoms with Crippen LogP contribution in [0.4, 0.5) is 0 Å². The Morgan fingerprint density at radius 3 is 2.02 bits per heavy atom. The van der Waals surface area contributed by atoms with Gasteiger partial charge in [0.1, 0.15) is 11.6 Å². The summed E-state index contributed by atoms with van der Waals surface area (Å²) in [7, 11) is -8.32. The molecule has 3 aromatic rings. The third kappa shape index (κ3) is 10.1. The van der Waals surface area contributed by atoms with Crippen molar-refractivity contribution in [3.05, 3.63) is 83.9 Å². The van der Waals surface area contributed by atoms with Crippen LogP contribution in [0.15, 0.2) is 88.7 Å². The SMILES string of the molecule is CCCCCCCCCCNC1(C#N)CC1.O=C(O)[C@@H]1C[C@@H](S(=O)(=O)c2ccccc2Cl)CN1S(=O)(=O)c1ccc(-c2ccccc2)cc1. The number of sulfone groups is 1. The number of hydrogen-bond donors (Lipinski definition) is 2. The summed E-state index contributed by atoms with van der Waals surface area (Å²) in [5, 5.41) is 20.7. The van der Waals surface area contributed by atoms with Crippen molar-refractivity contribution in [3.8, 4) is 17.2 Å². The van der Waals surface area contributed by atoms with E-state index in [1.54, 1.807) is 18.2 Å². The minimum atomic E-state index is -4.26. The Hall–Kier alpha value is -3.27. The van der Waals surface area contributed by atoms with Gasteiger partial charge >= 0.3 is 5.97 Å². The molecular formula is C37H46ClN3O6S2. The van der Waals surface area contributed by atoms with Gasteiger partial charge in [0.15, 0.2) is 9.84 Å². The van der Waals surface area contributed by atoms with Gasteiger partial charge in [0.25, 0.3) is 0 Å². The smallest absolute Gasteiger partial charge is 0.322 e. The second-order valence-corrected chi connectivity index (χ2v) is 17.2. The number of halogens is 1. The van der Waals surface area contributed by atoms with Gasteiger partial charge < -0.3 is 5.11 Å². The summed E-state index contributed by atoms with van der Waals surface area (Å²) < 4.78 is 53.7. The second kappa shape index (κ2) is 17.6. The molecule has 1 heterocycles. The fraction of sp³-hybridized carbons (Fsp3) is 0.459. The van der Waals surface area contributed by atoms with Crippen molar-refractivity contribution in [2.75, 3.05) is 13.1 Å². The maximum Gasteiger partial charge on any atom is 0.322 e. The predicted octanol–water partition coefficient (Wildman–Crippen LogP) is 7.47. The number of sulfonamides is 1. The number of carboxylic acid groups (broad SMARTS) is 1. The lowest BCUT2D eigenvalue weighted by Gasteiger charge is -2.21. The summed E-state index contributed by atoms with van der Waals surface area (Å²) in [6, 6.07) is 22.1. The molecule has 0 aromatic heterocycles. The van der Waals surface area contributed by atoms with E-state index in [-0.39, 0.29) is 26.8 Å². The minimum Gasteiger partial charge on any atom is -0.480 e. The van der Waals surface area contributed by atoms with Gasteiger partial charge in [-0.15, -0.1) is 0 Å². The van der Waals surface area contributed by atoms with Crippen molar-refractivity contribution in [2.24, 2.45) is 0 Å². The Morgan fingerprint density at radius 2 is 1.45 bits per heavy atom. The van der Waals surface area contributed by atoms with Crippen molar-refractivity contribution in [3.63, 3.8) is 0 Å². The van der Waals surface area contributed by atoms with E-state index in [2.05, 4.69) is 18.3 Å². The molecule has 0 bridgehead atoms. The van der Waals surface area contributed by atoms with Crippen molar-refractivity contribution in [1.29, 1.82) is 5.26 Å². The topological polar surface area (TPSA) is 145 Å². The van der Waals surface area contributed by atoms with Crippen LogP contribution in [0.2, 0.25) is 5.02 Å². The number of aliphatic carboxylic acids is 1. The molecule has 2 N–H and O–H groups in total. The Labute approximate surface area is 296 Å². The van der Waals surface area contributed by atoms with E-state index >= 15 is 0 Å². The van der Waals surface area contributed by atoms with E-state index in [1.165, 1.54) is 81.7 Å². The van der Waals surface area contributed by atoms with Gasteiger partial charge in [0.05, 0.1) is 26.1 Å². The average Bonchev–Trinajstić information content (AvgIpc) is 3.72. The number of unbranched alkanes of at least 4 members (excludes halogenated alkanes) is 7. The van der Waals surface area contributed by atoms with Gasteiger partial charge in [-0.25, -0.2) is 16.8 Å². The van der Waals surface area contributed by atoms with Crippen LogP contribution in [-0.4, -0.2) is 62.1 Å². The van der Waals surface area contributed by atoms with E-state index in [4.69, 9.17) is 16.9 Å². The van der Waals surface area contributed by atoms with E-state index < -0.39 is 43.7 Å². The minimum absolute atomic E-state index is 0.00202. The summed E-state index contributed by atoms with van der Waals surface area (Å²) in [6.07, 6.45) is 12.6. The molecule has 0 radical (unpaired) electrons. The third-order valence-electron chi connectivity index (χ3n) is 9.11. The first-order valence-electron chi connectivity index (χ1n) is 17.0. The Balaban J connectivity index is 0.000000284. The zero-order valence-corrected chi connectivity index (χ0v) is 30.3. The molecule has 264 valence electrons. The van der Waals surface area contributed by atoms with E-state index in [0.29, 0.717) is 0 Å². The normalized spacial score (nSPS) is 18.6. The number of carboxylic acids is 1. The summed E-state index contributed by atoms with van der Waals surface area (Å²) in [4.78, 5) is 11.6.